The molecule has 0 N–H and O–H groups in total. The van der Waals surface area contributed by atoms with Gasteiger partial charge in [0.2, 0.25) is 0 Å². The van der Waals surface area contributed by atoms with Gasteiger partial charge in [-0.15, -0.1) is 0 Å². The number of fused-ring (bicyclic) bond motifs is 8. The van der Waals surface area contributed by atoms with Crippen molar-refractivity contribution in [1.82, 2.24) is 0 Å². The van der Waals surface area contributed by atoms with E-state index in [4.69, 9.17) is 0 Å². The molecule has 4 heterocycles. The number of hydrogen-bond acceptors (Lipinski definition) is 4. The summed E-state index contributed by atoms with van der Waals surface area (Å²) in [6.07, 6.45) is -10.9. The largest absolute Gasteiger partial charge is 0.420 e. The molecule has 13 rings (SSSR count). The van der Waals surface area contributed by atoms with Crippen LogP contribution in [0.5, 0.6) is 0 Å². The van der Waals surface area contributed by atoms with Crippen molar-refractivity contribution in [3.8, 4) is 0 Å². The number of anilines is 12. The standard InChI is InChI=1S/C68H56F6N4/c1-63(2)41-25-9-17-33-49(41)75(50-34-18-10-26-42(50)63)59-57(67(69,70)71)60(76-51-35-19-11-27-43(51)64(3,4)44-28-12-20-36-52(44)76)62(78-55-39-23-15-31-47(55)66(7,8)48-32-16-24-40-56(48)78)61(58(59)68(72,73)74)77-53-37-21-13-29-45(53)65(5,6)46-30-14-22-38-54(46)77/h9-40H,1-8H3. The van der Waals surface area contributed by atoms with E-state index < -0.39 is 62.2 Å². The first-order chi connectivity index (χ1) is 37.1. The zero-order valence-electron chi connectivity index (χ0n) is 44.5. The molecule has 4 aliphatic rings. The van der Waals surface area contributed by atoms with Crippen LogP contribution in [0.15, 0.2) is 194 Å². The Morgan fingerprint density at radius 1 is 0.231 bits per heavy atom. The SMILES string of the molecule is CC1(C)c2ccccc2N(c2c(N3c4ccccc4C(C)(C)c4ccccc43)c(C(F)(F)F)c(N3c4ccccc4C(C)(C)c4ccccc43)c(C(F)(F)F)c2N2c3ccccc3C(C)(C)c3ccccc32)c2ccccc21. The highest BCUT2D eigenvalue weighted by atomic mass is 19.4. The van der Waals surface area contributed by atoms with Gasteiger partial charge < -0.3 is 19.6 Å². The van der Waals surface area contributed by atoms with Gasteiger partial charge in [0, 0.05) is 21.7 Å². The summed E-state index contributed by atoms with van der Waals surface area (Å²) in [5.74, 6) is 0. The highest BCUT2D eigenvalue weighted by Gasteiger charge is 2.56. The Labute approximate surface area is 451 Å². The zero-order chi connectivity index (χ0) is 54.6. The minimum Gasteiger partial charge on any atom is -0.308 e. The van der Waals surface area contributed by atoms with Crippen molar-refractivity contribution in [2.45, 2.75) is 89.4 Å². The van der Waals surface area contributed by atoms with Gasteiger partial charge in [0.25, 0.3) is 0 Å². The molecule has 4 aliphatic heterocycles. The summed E-state index contributed by atoms with van der Waals surface area (Å²) in [6.45, 7) is 16.2. The molecule has 0 aromatic heterocycles. The smallest absolute Gasteiger partial charge is 0.308 e. The summed E-state index contributed by atoms with van der Waals surface area (Å²) < 4.78 is 110. The van der Waals surface area contributed by atoms with Gasteiger partial charge in [0.15, 0.2) is 0 Å². The topological polar surface area (TPSA) is 13.0 Å². The lowest BCUT2D eigenvalue weighted by Gasteiger charge is -2.50. The molecule has 0 aliphatic carbocycles. The number of nitrogens with zero attached hydrogens (tertiary/aromatic N) is 4. The maximum atomic E-state index is 18.4. The number of alkyl halides is 6. The van der Waals surface area contributed by atoms with E-state index in [0.29, 0.717) is 67.5 Å². The Hall–Kier alpha value is -8.24. The van der Waals surface area contributed by atoms with Crippen molar-refractivity contribution in [2.75, 3.05) is 19.6 Å². The van der Waals surface area contributed by atoms with Gasteiger partial charge in [-0.05, 0) is 93.0 Å². The van der Waals surface area contributed by atoms with E-state index in [1.165, 1.54) is 4.90 Å². The van der Waals surface area contributed by atoms with Crippen LogP contribution in [-0.2, 0) is 34.0 Å². The normalized spacial score (nSPS) is 16.9. The Bertz CT molecular complexity index is 3610. The zero-order valence-corrected chi connectivity index (χ0v) is 44.5. The van der Waals surface area contributed by atoms with E-state index in [9.17, 15) is 0 Å². The van der Waals surface area contributed by atoms with Gasteiger partial charge >= 0.3 is 12.4 Å². The molecule has 390 valence electrons. The number of benzene rings is 9. The molecule has 0 bridgehead atoms. The second kappa shape index (κ2) is 16.6. The first kappa shape index (κ1) is 49.3. The molecule has 4 nitrogen and oxygen atoms in total. The van der Waals surface area contributed by atoms with Gasteiger partial charge in [-0.3, -0.25) is 0 Å². The van der Waals surface area contributed by atoms with Crippen molar-refractivity contribution in [3.63, 3.8) is 0 Å². The Morgan fingerprint density at radius 3 is 0.564 bits per heavy atom. The second-order valence-electron chi connectivity index (χ2n) is 23.1. The van der Waals surface area contributed by atoms with Gasteiger partial charge in [-0.25, -0.2) is 0 Å². The van der Waals surface area contributed by atoms with Crippen molar-refractivity contribution in [2.24, 2.45) is 0 Å². The van der Waals surface area contributed by atoms with E-state index >= 15 is 26.3 Å². The molecular formula is C68H56F6N4. The molecule has 0 spiro atoms. The van der Waals surface area contributed by atoms with Crippen LogP contribution in [0.25, 0.3) is 0 Å². The van der Waals surface area contributed by atoms with E-state index in [0.717, 1.165) is 11.1 Å². The number of hydrogen-bond donors (Lipinski definition) is 0. The monoisotopic (exact) mass is 1040 g/mol. The van der Waals surface area contributed by atoms with Gasteiger partial charge in [-0.2, -0.15) is 26.3 Å². The molecule has 9 aromatic carbocycles. The Morgan fingerprint density at radius 2 is 0.385 bits per heavy atom. The van der Waals surface area contributed by atoms with Crippen LogP contribution in [0.2, 0.25) is 0 Å². The minimum absolute atomic E-state index is 0.207. The van der Waals surface area contributed by atoms with Crippen LogP contribution >= 0.6 is 0 Å². The fourth-order valence-corrected chi connectivity index (χ4v) is 13.7. The van der Waals surface area contributed by atoms with Crippen molar-refractivity contribution in [1.29, 1.82) is 0 Å². The van der Waals surface area contributed by atoms with E-state index in [2.05, 4.69) is 13.8 Å². The summed E-state index contributed by atoms with van der Waals surface area (Å²) in [5.41, 5.74) is 0.132. The molecule has 78 heavy (non-hydrogen) atoms. The van der Waals surface area contributed by atoms with E-state index in [1.54, 1.807) is 99.6 Å². The summed E-state index contributed by atoms with van der Waals surface area (Å²) in [5, 5.41) is 0. The first-order valence-corrected chi connectivity index (χ1v) is 26.4. The third-order valence-electron chi connectivity index (χ3n) is 17.4. The van der Waals surface area contributed by atoms with Gasteiger partial charge in [-0.1, -0.05) is 201 Å². The van der Waals surface area contributed by atoms with Crippen molar-refractivity contribution < 1.29 is 26.3 Å². The summed E-state index contributed by atoms with van der Waals surface area (Å²) in [7, 11) is 0. The fraction of sp³-hybridized carbons (Fsp3) is 0.206. The van der Waals surface area contributed by atoms with Crippen LogP contribution in [0.1, 0.15) is 111 Å². The van der Waals surface area contributed by atoms with Crippen LogP contribution < -0.4 is 19.6 Å². The van der Waals surface area contributed by atoms with Crippen molar-refractivity contribution >= 4 is 68.2 Å². The molecular weight excluding hydrogens is 987 g/mol. The van der Waals surface area contributed by atoms with Crippen LogP contribution in [0.4, 0.5) is 94.6 Å². The van der Waals surface area contributed by atoms with Crippen LogP contribution in [-0.4, -0.2) is 0 Å². The lowest BCUT2D eigenvalue weighted by Crippen LogP contribution is -2.38. The second-order valence-corrected chi connectivity index (χ2v) is 23.1. The fourth-order valence-electron chi connectivity index (χ4n) is 13.7. The number of halogens is 6. The molecule has 0 unspecified atom stereocenters. The van der Waals surface area contributed by atoms with Crippen LogP contribution in [0, 0.1) is 0 Å². The lowest BCUT2D eigenvalue weighted by molar-refractivity contribution is -0.141. The highest BCUT2D eigenvalue weighted by molar-refractivity contribution is 6.11. The predicted molar refractivity (Wildman–Crippen MR) is 304 cm³/mol. The molecule has 0 fully saturated rings. The summed E-state index contributed by atoms with van der Waals surface area (Å²) in [6, 6.07) is 58.4. The third kappa shape index (κ3) is 6.73. The third-order valence-corrected chi connectivity index (χ3v) is 17.4. The lowest BCUT2D eigenvalue weighted by atomic mass is 9.72. The van der Waals surface area contributed by atoms with E-state index in [1.807, 2.05) is 151 Å². The van der Waals surface area contributed by atoms with E-state index in [-0.39, 0.29) is 17.1 Å². The molecule has 0 saturated carbocycles. The Kier molecular flexibility index (Phi) is 10.5. The molecule has 0 saturated heterocycles. The maximum Gasteiger partial charge on any atom is 0.420 e. The average Bonchev–Trinajstić information content (AvgIpc) is 3.58. The summed E-state index contributed by atoms with van der Waals surface area (Å²) >= 11 is 0. The number of rotatable bonds is 4. The molecule has 9 aromatic rings. The summed E-state index contributed by atoms with van der Waals surface area (Å²) in [4.78, 5) is 6.25. The number of para-hydroxylation sites is 8. The molecule has 10 heteroatoms. The average molecular weight is 1040 g/mol. The Balaban J connectivity index is 1.37. The van der Waals surface area contributed by atoms with Crippen molar-refractivity contribution in [3.05, 3.63) is 250 Å². The molecule has 0 radical (unpaired) electrons. The highest BCUT2D eigenvalue weighted by Crippen LogP contribution is 2.70. The predicted octanol–water partition coefficient (Wildman–Crippen LogP) is 20.2. The molecule has 0 atom stereocenters. The minimum atomic E-state index is -5.47. The molecule has 0 amide bonds. The first-order valence-electron chi connectivity index (χ1n) is 26.4. The van der Waals surface area contributed by atoms with Crippen LogP contribution in [0.3, 0.4) is 0 Å². The quantitative estimate of drug-likeness (QED) is 0.163. The maximum absolute atomic E-state index is 18.4. The van der Waals surface area contributed by atoms with Gasteiger partial charge in [0.1, 0.15) is 11.1 Å². The van der Waals surface area contributed by atoms with Gasteiger partial charge in [0.05, 0.1) is 68.2 Å².